The van der Waals surface area contributed by atoms with E-state index in [0.29, 0.717) is 64.1 Å². The van der Waals surface area contributed by atoms with Gasteiger partial charge in [0.25, 0.3) is 0 Å². The van der Waals surface area contributed by atoms with Gasteiger partial charge in [0.15, 0.2) is 0 Å². The lowest BCUT2D eigenvalue weighted by Crippen LogP contribution is -2.25. The van der Waals surface area contributed by atoms with Crippen LogP contribution >= 0.6 is 0 Å². The molecule has 0 aliphatic carbocycles. The van der Waals surface area contributed by atoms with Gasteiger partial charge in [-0.05, 0) is 327 Å². The molecular formula is C115H168N20O14. The van der Waals surface area contributed by atoms with Crippen molar-refractivity contribution in [3.63, 3.8) is 0 Å². The third-order valence-corrected chi connectivity index (χ3v) is 28.2. The minimum absolute atomic E-state index is 0.00451. The van der Waals surface area contributed by atoms with E-state index in [1.54, 1.807) is 6.07 Å². The largest absolute Gasteiger partial charge is 0.492 e. The summed E-state index contributed by atoms with van der Waals surface area (Å²) in [4.78, 5) is 18.8. The van der Waals surface area contributed by atoms with Crippen LogP contribution in [0.4, 0.5) is 45.5 Å². The number of aromatic amines is 3. The third kappa shape index (κ3) is 27.0. The van der Waals surface area contributed by atoms with E-state index < -0.39 is 0 Å². The Hall–Kier alpha value is -13.5. The molecule has 16 aromatic rings. The Morgan fingerprint density at radius 1 is 0.275 bits per heavy atom. The highest BCUT2D eigenvalue weighted by atomic mass is 16.5. The standard InChI is InChI=1S/C16H25N3O2.C16H23N3O.C15H23N3O.C15H22N2O2.C14H21N3O.C14H20N2O3.C13H18N2O2.C12H16N2O2/c1-11-12(2)19(7-9-20)16-14(21-10-8-18(3)4)6-5-13(17)15(11)16;1-11-12(2)18-16-14(6-5-13(17)15(11)16)20-10-9-19-7-3-4-8-19;1-10-11(2)18(5)15-13(19-9-8-17(3)4)7-6-12(16)14(10)15;1-4-11-10(3)17(8-9-18)15-13(19-5-2)7-6-12(16)14(11)15;1-9-10(2)16-14-12(18-8-7-17(3)4)6-5-11(15)13(9)14;1-9-10(2)16(5-6-17)14-12(19-8-7-18)4-3-11(15)13(9)14;1-8-9(2)15(3)13-11(17-7-6-16)5-4-10(14)12(8)13;1-7-8(2)14-12-10(16-6-5-15)4-3-9(13)11(7)12/h5-6,20H,7-10,17H2,1-4H3;5-6,18H,3-4,7-10,17H2,1-2H3;6-7H,8-9,16H2,1-5H3;6-7,18H,4-5,8-9,16H2,1-3H3;5-6,16H,7-8,15H2,1-4H3;3-4,17-18H,5-8,15H2,1-2H3;4-5,16H,6-7,14H2,1-3H3;3-4,14-15H,5-6,13H2,1-2H3. The Morgan fingerprint density at radius 3 is 0.826 bits per heavy atom. The molecular weight excluding hydrogens is 1890 g/mol. The van der Waals surface area contributed by atoms with E-state index in [2.05, 4.69) is 136 Å². The smallest absolute Gasteiger partial charge is 0.143 e. The molecule has 1 saturated heterocycles. The van der Waals surface area contributed by atoms with E-state index in [4.69, 9.17) is 99.1 Å². The summed E-state index contributed by atoms with van der Waals surface area (Å²) >= 11 is 0. The fourth-order valence-electron chi connectivity index (χ4n) is 19.3. The summed E-state index contributed by atoms with van der Waals surface area (Å²) in [6, 6.07) is 30.2. The molecule has 0 amide bonds. The predicted molar refractivity (Wildman–Crippen MR) is 616 cm³/mol. The van der Waals surface area contributed by atoms with Gasteiger partial charge < -0.3 is 167 Å². The molecule has 25 N–H and O–H groups in total. The molecule has 34 heteroatoms. The van der Waals surface area contributed by atoms with Crippen molar-refractivity contribution in [3.8, 4) is 46.0 Å². The maximum Gasteiger partial charge on any atom is 0.143 e. The molecule has 1 aliphatic rings. The number of aryl methyl sites for hydroxylation is 13. The molecule has 0 saturated carbocycles. The number of likely N-dealkylation sites (tertiary alicyclic amines) is 1. The number of H-pyrrole nitrogens is 3. The third-order valence-electron chi connectivity index (χ3n) is 28.2. The number of hydrogen-bond acceptors (Lipinski definition) is 26. The number of ether oxygens (including phenoxy) is 8. The van der Waals surface area contributed by atoms with Gasteiger partial charge in [-0.2, -0.15) is 0 Å². The van der Waals surface area contributed by atoms with Crippen LogP contribution in [0.25, 0.3) is 87.2 Å². The van der Waals surface area contributed by atoms with E-state index in [-0.39, 0.29) is 52.9 Å². The van der Waals surface area contributed by atoms with Gasteiger partial charge in [0.2, 0.25) is 0 Å². The molecule has 8 aromatic carbocycles. The second-order valence-electron chi connectivity index (χ2n) is 38.7. The Balaban J connectivity index is 0.000000174. The van der Waals surface area contributed by atoms with Crippen molar-refractivity contribution in [1.82, 2.24) is 57.4 Å². The quantitative estimate of drug-likeness (QED) is 0.0167. The Morgan fingerprint density at radius 2 is 0.523 bits per heavy atom. The van der Waals surface area contributed by atoms with Crippen molar-refractivity contribution >= 4 is 133 Å². The summed E-state index contributed by atoms with van der Waals surface area (Å²) in [5.74, 6) is 6.53. The summed E-state index contributed by atoms with van der Waals surface area (Å²) in [6.45, 7) is 47.0. The molecule has 17 rings (SSSR count). The minimum atomic E-state index is -0.0372. The Labute approximate surface area is 877 Å². The van der Waals surface area contributed by atoms with E-state index in [1.807, 2.05) is 186 Å². The van der Waals surface area contributed by atoms with Crippen LogP contribution in [-0.2, 0) is 40.2 Å². The second-order valence-corrected chi connectivity index (χ2v) is 38.7. The number of benzene rings is 8. The van der Waals surface area contributed by atoms with Crippen molar-refractivity contribution in [1.29, 1.82) is 0 Å². The summed E-state index contributed by atoms with van der Waals surface area (Å²) in [5.41, 5.74) is 81.1. The monoisotopic (exact) mass is 2050 g/mol. The first-order valence-electron chi connectivity index (χ1n) is 51.4. The van der Waals surface area contributed by atoms with Gasteiger partial charge in [-0.3, -0.25) is 4.90 Å². The highest BCUT2D eigenvalue weighted by Crippen LogP contribution is 2.44. The van der Waals surface area contributed by atoms with Crippen molar-refractivity contribution in [3.05, 3.63) is 187 Å². The number of nitrogens with two attached hydrogens (primary N) is 8. The fraction of sp³-hybridized carbons (Fsp3) is 0.443. The van der Waals surface area contributed by atoms with Crippen molar-refractivity contribution in [2.45, 2.75) is 157 Å². The summed E-state index contributed by atoms with van der Waals surface area (Å²) in [7, 11) is 16.2. The van der Waals surface area contributed by atoms with Crippen LogP contribution in [-0.4, -0.2) is 262 Å². The lowest BCUT2D eigenvalue weighted by Gasteiger charge is -2.15. The van der Waals surface area contributed by atoms with Crippen molar-refractivity contribution in [2.24, 2.45) is 14.1 Å². The first-order valence-corrected chi connectivity index (χ1v) is 51.4. The highest BCUT2D eigenvalue weighted by molar-refractivity contribution is 6.05. The molecule has 0 spiro atoms. The van der Waals surface area contributed by atoms with E-state index in [1.165, 1.54) is 65.1 Å². The normalized spacial score (nSPS) is 11.9. The number of aliphatic hydroxyl groups is 6. The van der Waals surface area contributed by atoms with Crippen LogP contribution in [0.1, 0.15) is 117 Å². The number of aliphatic hydroxyl groups excluding tert-OH is 6. The highest BCUT2D eigenvalue weighted by Gasteiger charge is 2.26. The molecule has 149 heavy (non-hydrogen) atoms. The van der Waals surface area contributed by atoms with Gasteiger partial charge in [-0.1, -0.05) is 6.92 Å². The fourth-order valence-corrected chi connectivity index (χ4v) is 19.3. The number of aromatic nitrogens is 8. The molecule has 0 atom stereocenters. The van der Waals surface area contributed by atoms with Crippen LogP contribution in [0.3, 0.4) is 0 Å². The van der Waals surface area contributed by atoms with Crippen LogP contribution in [0.15, 0.2) is 97.1 Å². The van der Waals surface area contributed by atoms with Gasteiger partial charge in [0.1, 0.15) is 92.2 Å². The van der Waals surface area contributed by atoms with E-state index in [9.17, 15) is 15.3 Å². The molecule has 34 nitrogen and oxygen atoms in total. The molecule has 0 bridgehead atoms. The Bertz CT molecular complexity index is 7180. The first-order chi connectivity index (χ1) is 71.1. The second kappa shape index (κ2) is 54.1. The molecule has 9 heterocycles. The minimum Gasteiger partial charge on any atom is -0.492 e. The maximum absolute atomic E-state index is 9.32. The first kappa shape index (κ1) is 117. The summed E-state index contributed by atoms with van der Waals surface area (Å²) in [6.07, 6.45) is 3.56. The number of fused-ring (bicyclic) bond motifs is 8. The van der Waals surface area contributed by atoms with Crippen LogP contribution in [0, 0.1) is 104 Å². The molecule has 812 valence electrons. The van der Waals surface area contributed by atoms with Crippen LogP contribution in [0.2, 0.25) is 0 Å². The summed E-state index contributed by atoms with van der Waals surface area (Å²) < 4.78 is 56.4. The number of hydrogen-bond donors (Lipinski definition) is 17. The zero-order valence-corrected chi connectivity index (χ0v) is 92.7. The SMILES string of the molecule is CCOc1ccc(N)c2c(CC)c(C)n(CCO)c12.Cc1[nH]c2c(OCCN(C)C)ccc(N)c2c1C.Cc1[nH]c2c(OCCN3CCCC3)ccc(N)c2c1C.Cc1[nH]c2c(OCCO)ccc(N)c2c1C.Cc1c(C)n(C)c2c(OCCN(C)C)ccc(N)c12.Cc1c(C)n(C)c2c(OCCO)ccc(N)c12.Cc1c(C)n(CCO)c2c(OCCN(C)C)ccc(N)c12.Cc1c(C)n(CCO)c2c(OCCO)ccc(N)c12. The molecule has 0 unspecified atom stereocenters. The maximum atomic E-state index is 9.32. The zero-order chi connectivity index (χ0) is 109. The zero-order valence-electron chi connectivity index (χ0n) is 92.7. The van der Waals surface area contributed by atoms with E-state index in [0.717, 1.165) is 257 Å². The van der Waals surface area contributed by atoms with Gasteiger partial charge in [-0.25, -0.2) is 0 Å². The van der Waals surface area contributed by atoms with Crippen molar-refractivity contribution < 1.29 is 68.5 Å². The number of rotatable bonds is 34. The molecule has 1 aliphatic heterocycles. The van der Waals surface area contributed by atoms with Crippen LogP contribution in [0.5, 0.6) is 46.0 Å². The average Bonchev–Trinajstić information content (AvgIpc) is 1.56. The van der Waals surface area contributed by atoms with Gasteiger partial charge in [-0.15, -0.1) is 0 Å². The lowest BCUT2D eigenvalue weighted by molar-refractivity contribution is 0.202. The molecule has 1 fully saturated rings. The van der Waals surface area contributed by atoms with E-state index >= 15 is 0 Å². The van der Waals surface area contributed by atoms with Gasteiger partial charge in [0.05, 0.1) is 90.4 Å². The lowest BCUT2D eigenvalue weighted by atomic mass is 10.1. The number of nitrogen functional groups attached to an aromatic ring is 8. The van der Waals surface area contributed by atoms with Gasteiger partial charge >= 0.3 is 0 Å². The summed E-state index contributed by atoms with van der Waals surface area (Å²) in [5, 5.41) is 62.7. The molecule has 8 aromatic heterocycles. The number of nitrogens with one attached hydrogen (secondary N) is 3. The van der Waals surface area contributed by atoms with Crippen LogP contribution < -0.4 is 83.8 Å². The molecule has 0 radical (unpaired) electrons. The topological polar surface area (TPSA) is 488 Å². The van der Waals surface area contributed by atoms with Crippen molar-refractivity contribution in [2.75, 3.05) is 220 Å². The predicted octanol–water partition coefficient (Wildman–Crippen LogP) is 16.4. The number of likely N-dealkylation sites (N-methyl/N-ethyl adjacent to an activating group) is 3. The number of anilines is 8. The number of nitrogens with zero attached hydrogens (tertiary/aromatic N) is 9. The van der Waals surface area contributed by atoms with Gasteiger partial charge in [0, 0.05) is 194 Å². The average molecular weight is 2050 g/mol. The Kier molecular flexibility index (Phi) is 42.6.